The maximum atomic E-state index is 16.5. The smallest absolute Gasteiger partial charge is 0.210 e. The van der Waals surface area contributed by atoms with Gasteiger partial charge in [0.1, 0.15) is 21.1 Å². The van der Waals surface area contributed by atoms with Gasteiger partial charge in [0, 0.05) is 10.1 Å². The lowest BCUT2D eigenvalue weighted by atomic mass is 9.63. The van der Waals surface area contributed by atoms with Gasteiger partial charge in [0.05, 0.1) is 0 Å². The first kappa shape index (κ1) is 32.8. The summed E-state index contributed by atoms with van der Waals surface area (Å²) in [6, 6.07) is 6.91. The van der Waals surface area contributed by atoms with E-state index in [4.69, 9.17) is 0 Å². The predicted molar refractivity (Wildman–Crippen MR) is 172 cm³/mol. The Morgan fingerprint density at radius 3 is 1.31 bits per heavy atom. The molecule has 14 heteroatoms. The van der Waals surface area contributed by atoms with E-state index in [0.717, 1.165) is 5.56 Å². The zero-order chi connectivity index (χ0) is 26.0. The number of halogens is 5. The zero-order valence-electron chi connectivity index (χ0n) is 19.2. The van der Waals surface area contributed by atoms with Crippen LogP contribution >= 0.6 is 87.3 Å². The van der Waals surface area contributed by atoms with Crippen molar-refractivity contribution in [1.82, 2.24) is 0 Å². The van der Waals surface area contributed by atoms with E-state index in [2.05, 4.69) is 64.7 Å². The van der Waals surface area contributed by atoms with Gasteiger partial charge in [-0.15, -0.1) is 27.7 Å². The minimum atomic E-state index is -2.76. The number of rotatable bonds is 8. The van der Waals surface area contributed by atoms with Gasteiger partial charge >= 0.3 is 0 Å². The molecule has 0 aromatic heterocycles. The normalized spacial score (nSPS) is 24.8. The standard InChI is InChI=1S/C18H34B2F4IP7/c1-11(2,12(3,4)26)9-5-7-10(8-6-9)13(21,27)14(19,28)16(22,30)15(20,29)17(23,31)18(24,25)32/h5-8H,19-20,26-32H2,1-4H3. The van der Waals surface area contributed by atoms with E-state index in [1.54, 1.807) is 30.6 Å². The van der Waals surface area contributed by atoms with Crippen molar-refractivity contribution in [2.75, 3.05) is 0 Å². The quantitative estimate of drug-likeness (QED) is 0.118. The molecule has 0 spiro atoms. The first-order valence-corrected chi connectivity index (χ1v) is 14.9. The molecule has 0 saturated heterocycles. The average Bonchev–Trinajstić information content (AvgIpc) is 2.59. The van der Waals surface area contributed by atoms with Gasteiger partial charge in [-0.05, 0) is 44.3 Å². The number of hydrogen-bond acceptors (Lipinski definition) is 0. The third-order valence-electron chi connectivity index (χ3n) is 7.15. The molecule has 0 fully saturated rings. The van der Waals surface area contributed by atoms with Crippen LogP contribution in [0.3, 0.4) is 0 Å². The third kappa shape index (κ3) is 5.35. The Bertz CT molecular complexity index is 833. The van der Waals surface area contributed by atoms with E-state index in [9.17, 15) is 4.39 Å². The van der Waals surface area contributed by atoms with Gasteiger partial charge in [-0.3, -0.25) is 0 Å². The van der Waals surface area contributed by atoms with Crippen LogP contribution in [-0.2, 0) is 10.8 Å². The lowest BCUT2D eigenvalue weighted by Crippen LogP contribution is -2.69. The molecule has 0 aliphatic carbocycles. The summed E-state index contributed by atoms with van der Waals surface area (Å²) in [5, 5.41) is -11.8. The Balaban J connectivity index is 3.56. The van der Waals surface area contributed by atoms with Crippen molar-refractivity contribution in [3.8, 4) is 0 Å². The highest BCUT2D eigenvalue weighted by Crippen LogP contribution is 2.67. The molecule has 0 heterocycles. The van der Waals surface area contributed by atoms with Crippen LogP contribution < -0.4 is 0 Å². The van der Waals surface area contributed by atoms with Crippen LogP contribution in [0.1, 0.15) is 38.8 Å². The molecule has 1 aromatic carbocycles. The Morgan fingerprint density at radius 2 is 1.00 bits per heavy atom. The van der Waals surface area contributed by atoms with Crippen LogP contribution in [0.5, 0.6) is 0 Å². The molecule has 1 rings (SSSR count). The molecule has 13 atom stereocenters. The Hall–Kier alpha value is 2.81. The molecular formula is C18H34B2F4IP7. The second-order valence-corrected chi connectivity index (χ2v) is 19.8. The first-order valence-electron chi connectivity index (χ1n) is 9.79. The Kier molecular flexibility index (Phi) is 10.1. The van der Waals surface area contributed by atoms with Crippen LogP contribution in [0.25, 0.3) is 0 Å². The van der Waals surface area contributed by atoms with Crippen molar-refractivity contribution >= 4 is 103 Å². The molecule has 182 valence electrons. The minimum absolute atomic E-state index is 0.119. The van der Waals surface area contributed by atoms with E-state index in [1.807, 2.05) is 21.4 Å². The molecule has 0 N–H and O–H groups in total. The summed E-state index contributed by atoms with van der Waals surface area (Å²) in [7, 11) is 17.2. The topological polar surface area (TPSA) is 0 Å². The van der Waals surface area contributed by atoms with Crippen molar-refractivity contribution < 1.29 is 17.6 Å². The van der Waals surface area contributed by atoms with Crippen molar-refractivity contribution in [3.63, 3.8) is 0 Å². The predicted octanol–water partition coefficient (Wildman–Crippen LogP) is 5.04. The fourth-order valence-electron chi connectivity index (χ4n) is 3.22. The van der Waals surface area contributed by atoms with Crippen LogP contribution in [0, 0.1) is 0 Å². The van der Waals surface area contributed by atoms with Crippen LogP contribution in [0.2, 0.25) is 0 Å². The third-order valence-corrected chi connectivity index (χ3v) is 16.2. The van der Waals surface area contributed by atoms with E-state index >= 15 is 13.2 Å². The van der Waals surface area contributed by atoms with Gasteiger partial charge in [-0.1, -0.05) is 88.9 Å². The van der Waals surface area contributed by atoms with Crippen molar-refractivity contribution in [3.05, 3.63) is 35.4 Å². The SMILES string of the molecule is BC(P)(C(F)(P)c1ccc(C(C)(C)C(C)(C)P)cc1)C(F)(P)C(B)(P)C(F)(P)C(F)(P)I. The molecular weight excluding hydrogens is 658 g/mol. The molecule has 0 amide bonds. The molecule has 0 bridgehead atoms. The zero-order valence-corrected chi connectivity index (χ0v) is 29.5. The lowest BCUT2D eigenvalue weighted by Gasteiger charge is -2.57. The maximum Gasteiger partial charge on any atom is 0.210 e. The monoisotopic (exact) mass is 692 g/mol. The second kappa shape index (κ2) is 9.84. The summed E-state index contributed by atoms with van der Waals surface area (Å²) in [6.07, 6.45) is 0. The van der Waals surface area contributed by atoms with Crippen molar-refractivity contribution in [2.24, 2.45) is 0 Å². The Labute approximate surface area is 222 Å². The molecule has 0 radical (unpaired) electrons. The molecule has 13 unspecified atom stereocenters. The summed E-state index contributed by atoms with van der Waals surface area (Å²) in [6.45, 7) is 8.40. The van der Waals surface area contributed by atoms with E-state index < -0.39 is 29.8 Å². The number of benzene rings is 1. The fourth-order valence-corrected chi connectivity index (χ4v) is 7.21. The van der Waals surface area contributed by atoms with Crippen LogP contribution in [-0.4, -0.2) is 45.2 Å². The maximum absolute atomic E-state index is 16.5. The summed E-state index contributed by atoms with van der Waals surface area (Å²) >= 11 is 1.27. The van der Waals surface area contributed by atoms with Crippen LogP contribution in [0.4, 0.5) is 17.6 Å². The summed E-state index contributed by atoms with van der Waals surface area (Å²) in [5.41, 5.74) is 0.996. The van der Waals surface area contributed by atoms with Gasteiger partial charge in [0.25, 0.3) is 0 Å². The molecule has 1 aromatic rings. The number of hydrogen-bond donors (Lipinski definition) is 0. The van der Waals surface area contributed by atoms with Gasteiger partial charge in [-0.2, -0.15) is 0 Å². The molecule has 0 saturated carbocycles. The largest absolute Gasteiger partial charge is 0.239 e. The molecule has 0 aliphatic rings. The highest BCUT2D eigenvalue weighted by atomic mass is 127. The van der Waals surface area contributed by atoms with Crippen LogP contribution in [0.15, 0.2) is 24.3 Å². The molecule has 0 aliphatic heterocycles. The van der Waals surface area contributed by atoms with Crippen molar-refractivity contribution in [1.29, 1.82) is 0 Å². The van der Waals surface area contributed by atoms with E-state index in [0.29, 0.717) is 0 Å². The van der Waals surface area contributed by atoms with Crippen molar-refractivity contribution in [2.45, 2.75) is 68.0 Å². The first-order chi connectivity index (χ1) is 13.7. The fraction of sp³-hybridized carbons (Fsp3) is 0.667. The van der Waals surface area contributed by atoms with Gasteiger partial charge in [0.2, 0.25) is 3.42 Å². The highest BCUT2D eigenvalue weighted by Gasteiger charge is 2.70. The van der Waals surface area contributed by atoms with Gasteiger partial charge in [0.15, 0.2) is 10.8 Å². The molecule has 0 nitrogen and oxygen atoms in total. The van der Waals surface area contributed by atoms with Gasteiger partial charge in [-0.25, -0.2) is 17.6 Å². The van der Waals surface area contributed by atoms with E-state index in [1.165, 1.54) is 38.3 Å². The lowest BCUT2D eigenvalue weighted by molar-refractivity contribution is 0.0716. The highest BCUT2D eigenvalue weighted by molar-refractivity contribution is 14.1. The van der Waals surface area contributed by atoms with Gasteiger partial charge < -0.3 is 0 Å². The number of alkyl halides is 5. The summed E-state index contributed by atoms with van der Waals surface area (Å²) in [4.78, 5) is 0. The Morgan fingerprint density at radius 1 is 0.656 bits per heavy atom. The second-order valence-electron chi connectivity index (χ2n) is 10.1. The summed E-state index contributed by atoms with van der Waals surface area (Å²) < 4.78 is 60.8. The summed E-state index contributed by atoms with van der Waals surface area (Å²) in [5.74, 6) is 0. The minimum Gasteiger partial charge on any atom is -0.239 e. The average molecular weight is 692 g/mol. The molecule has 32 heavy (non-hydrogen) atoms. The van der Waals surface area contributed by atoms with E-state index in [-0.39, 0.29) is 16.1 Å².